The molecule has 3 rings (SSSR count). The van der Waals surface area contributed by atoms with Gasteiger partial charge in [-0.1, -0.05) is 46.9 Å². The lowest BCUT2D eigenvalue weighted by Crippen LogP contribution is -2.29. The highest BCUT2D eigenvalue weighted by atomic mass is 32.2. The molecular formula is C19H17NO5S3. The van der Waals surface area contributed by atoms with Crippen LogP contribution in [0.2, 0.25) is 0 Å². The minimum absolute atomic E-state index is 0.0339. The number of amides is 1. The zero-order valence-corrected chi connectivity index (χ0v) is 17.5. The predicted molar refractivity (Wildman–Crippen MR) is 112 cm³/mol. The summed E-state index contributed by atoms with van der Waals surface area (Å²) in [4.78, 5) is 25.3. The van der Waals surface area contributed by atoms with Crippen molar-refractivity contribution in [2.24, 2.45) is 0 Å². The van der Waals surface area contributed by atoms with Crippen LogP contribution < -0.4 is 9.37 Å². The molecule has 0 unspecified atom stereocenters. The van der Waals surface area contributed by atoms with Gasteiger partial charge in [-0.25, -0.2) is 0 Å². The first-order valence-electron chi connectivity index (χ1n) is 8.28. The minimum Gasteiger partial charge on any atom is -0.350 e. The fourth-order valence-corrected chi connectivity index (χ4v) is 5.22. The van der Waals surface area contributed by atoms with Crippen LogP contribution in [0.5, 0.6) is 0 Å². The van der Waals surface area contributed by atoms with E-state index in [1.165, 1.54) is 12.1 Å². The van der Waals surface area contributed by atoms with E-state index in [9.17, 15) is 18.0 Å². The maximum absolute atomic E-state index is 12.1. The van der Waals surface area contributed by atoms with Crippen molar-refractivity contribution >= 4 is 38.7 Å². The predicted octanol–water partition coefficient (Wildman–Crippen LogP) is 3.89. The fraction of sp³-hybridized carbons (Fsp3) is 0.158. The summed E-state index contributed by atoms with van der Waals surface area (Å²) in [6.45, 7) is 3.77. The molecule has 0 aliphatic heterocycles. The van der Waals surface area contributed by atoms with Gasteiger partial charge in [-0.3, -0.25) is 14.1 Å². The number of benzene rings is 2. The number of nitrogens with one attached hydrogen (secondary N) is 1. The van der Waals surface area contributed by atoms with Crippen LogP contribution in [0.4, 0.5) is 0 Å². The lowest BCUT2D eigenvalue weighted by atomic mass is 10.1. The summed E-state index contributed by atoms with van der Waals surface area (Å²) >= 11 is 2.16. The van der Waals surface area contributed by atoms with Crippen LogP contribution in [-0.4, -0.2) is 24.9 Å². The van der Waals surface area contributed by atoms with Gasteiger partial charge in [0.05, 0.1) is 14.6 Å². The highest BCUT2D eigenvalue weighted by molar-refractivity contribution is 7.85. The Morgan fingerprint density at radius 2 is 1.39 bits per heavy atom. The Bertz CT molecular complexity index is 1160. The van der Waals surface area contributed by atoms with Crippen molar-refractivity contribution in [2.75, 3.05) is 0 Å². The first kappa shape index (κ1) is 20.4. The molecule has 28 heavy (non-hydrogen) atoms. The number of rotatable bonds is 5. The van der Waals surface area contributed by atoms with Crippen molar-refractivity contribution in [2.45, 2.75) is 24.8 Å². The smallest absolute Gasteiger partial charge is 0.294 e. The SMILES string of the molecule is CC(C)NC(=O)c1ccc(-c2sc(=O)sc2-c2ccc(S(=O)(=O)O)cc2)cc1. The van der Waals surface area contributed by atoms with E-state index in [1.807, 2.05) is 13.8 Å². The normalized spacial score (nSPS) is 11.6. The van der Waals surface area contributed by atoms with Crippen molar-refractivity contribution in [3.8, 4) is 20.9 Å². The van der Waals surface area contributed by atoms with Crippen LogP contribution in [0.15, 0.2) is 58.2 Å². The highest BCUT2D eigenvalue weighted by Gasteiger charge is 2.16. The van der Waals surface area contributed by atoms with E-state index >= 15 is 0 Å². The highest BCUT2D eigenvalue weighted by Crippen LogP contribution is 2.37. The number of hydrogen-bond acceptors (Lipinski definition) is 6. The molecule has 2 N–H and O–H groups in total. The van der Waals surface area contributed by atoms with E-state index in [0.29, 0.717) is 16.0 Å². The minimum atomic E-state index is -4.27. The summed E-state index contributed by atoms with van der Waals surface area (Å²) in [6, 6.07) is 12.7. The zero-order valence-electron chi connectivity index (χ0n) is 15.0. The Morgan fingerprint density at radius 1 is 0.929 bits per heavy atom. The third kappa shape index (κ3) is 4.56. The molecule has 6 nitrogen and oxygen atoms in total. The summed E-state index contributed by atoms with van der Waals surface area (Å²) < 4.78 is 31.4. The molecular weight excluding hydrogens is 418 g/mol. The maximum atomic E-state index is 12.1. The molecule has 0 saturated carbocycles. The standard InChI is InChI=1S/C19H17NO5S3/c1-11(2)20-18(21)14-5-3-12(4-6-14)16-17(27-19(22)26-16)13-7-9-15(10-8-13)28(23,24)25/h3-11H,1-2H3,(H,20,21)(H,23,24,25). The summed E-state index contributed by atoms with van der Waals surface area (Å²) in [5.41, 5.74) is 1.99. The van der Waals surface area contributed by atoms with Crippen LogP contribution in [-0.2, 0) is 10.1 Å². The average Bonchev–Trinajstić information content (AvgIpc) is 3.02. The van der Waals surface area contributed by atoms with Gasteiger partial charge in [-0.05, 0) is 49.2 Å². The Morgan fingerprint density at radius 3 is 1.82 bits per heavy atom. The van der Waals surface area contributed by atoms with Crippen molar-refractivity contribution in [1.82, 2.24) is 5.32 Å². The van der Waals surface area contributed by atoms with Crippen LogP contribution >= 0.6 is 22.7 Å². The second-order valence-electron chi connectivity index (χ2n) is 6.32. The van der Waals surface area contributed by atoms with E-state index < -0.39 is 10.1 Å². The molecule has 0 fully saturated rings. The van der Waals surface area contributed by atoms with Gasteiger partial charge >= 0.3 is 0 Å². The van der Waals surface area contributed by atoms with E-state index in [-0.39, 0.29) is 20.9 Å². The van der Waals surface area contributed by atoms with Gasteiger partial charge in [0, 0.05) is 11.6 Å². The largest absolute Gasteiger partial charge is 0.350 e. The molecule has 0 saturated heterocycles. The monoisotopic (exact) mass is 435 g/mol. The topological polar surface area (TPSA) is 101 Å². The van der Waals surface area contributed by atoms with Gasteiger partial charge in [0.1, 0.15) is 0 Å². The third-order valence-corrected chi connectivity index (χ3v) is 6.94. The van der Waals surface area contributed by atoms with E-state index in [2.05, 4.69) is 5.32 Å². The Hall–Kier alpha value is -2.33. The molecule has 0 aliphatic carbocycles. The van der Waals surface area contributed by atoms with Crippen LogP contribution in [0.25, 0.3) is 20.9 Å². The number of hydrogen-bond donors (Lipinski definition) is 2. The van der Waals surface area contributed by atoms with Crippen LogP contribution in [0.1, 0.15) is 24.2 Å². The molecule has 2 aromatic carbocycles. The van der Waals surface area contributed by atoms with E-state index in [1.54, 1.807) is 36.4 Å². The van der Waals surface area contributed by atoms with Crippen LogP contribution in [0, 0.1) is 0 Å². The molecule has 0 atom stereocenters. The van der Waals surface area contributed by atoms with Gasteiger partial charge < -0.3 is 5.32 Å². The first-order valence-corrected chi connectivity index (χ1v) is 11.4. The van der Waals surface area contributed by atoms with E-state index in [4.69, 9.17) is 4.55 Å². The summed E-state index contributed by atoms with van der Waals surface area (Å²) in [6.07, 6.45) is 0. The molecule has 3 aromatic rings. The second-order valence-corrected chi connectivity index (χ2v) is 9.96. The zero-order chi connectivity index (χ0) is 20.5. The fourth-order valence-electron chi connectivity index (χ4n) is 2.56. The molecule has 0 radical (unpaired) electrons. The van der Waals surface area contributed by atoms with Crippen molar-refractivity contribution in [1.29, 1.82) is 0 Å². The van der Waals surface area contributed by atoms with Crippen molar-refractivity contribution in [3.05, 3.63) is 62.9 Å². The molecule has 0 bridgehead atoms. The lowest BCUT2D eigenvalue weighted by Gasteiger charge is -2.09. The summed E-state index contributed by atoms with van der Waals surface area (Å²) in [5.74, 6) is -0.166. The molecule has 1 aromatic heterocycles. The lowest BCUT2D eigenvalue weighted by molar-refractivity contribution is 0.0943. The number of carbonyl (C=O) groups excluding carboxylic acids is 1. The van der Waals surface area contributed by atoms with Gasteiger partial charge in [-0.2, -0.15) is 8.42 Å². The summed E-state index contributed by atoms with van der Waals surface area (Å²) in [5, 5.41) is 2.82. The molecule has 0 aliphatic rings. The van der Waals surface area contributed by atoms with E-state index in [0.717, 1.165) is 33.1 Å². The number of carbonyl (C=O) groups is 1. The Labute approximate surface area is 170 Å². The van der Waals surface area contributed by atoms with Gasteiger partial charge in [0.25, 0.3) is 20.1 Å². The molecule has 9 heteroatoms. The maximum Gasteiger partial charge on any atom is 0.294 e. The summed E-state index contributed by atoms with van der Waals surface area (Å²) in [7, 11) is -4.27. The van der Waals surface area contributed by atoms with Gasteiger partial charge in [0.15, 0.2) is 0 Å². The Balaban J connectivity index is 1.97. The molecule has 0 spiro atoms. The quantitative estimate of drug-likeness (QED) is 0.592. The average molecular weight is 436 g/mol. The van der Waals surface area contributed by atoms with Crippen LogP contribution in [0.3, 0.4) is 0 Å². The molecule has 146 valence electrons. The van der Waals surface area contributed by atoms with Crippen molar-refractivity contribution < 1.29 is 17.8 Å². The first-order chi connectivity index (χ1) is 13.1. The van der Waals surface area contributed by atoms with Gasteiger partial charge in [0.2, 0.25) is 0 Å². The second kappa shape index (κ2) is 7.96. The van der Waals surface area contributed by atoms with Crippen molar-refractivity contribution in [3.63, 3.8) is 0 Å². The molecule has 1 heterocycles. The van der Waals surface area contributed by atoms with Gasteiger partial charge in [-0.15, -0.1) is 0 Å². The third-order valence-electron chi connectivity index (χ3n) is 3.82. The molecule has 1 amide bonds. The Kier molecular flexibility index (Phi) is 5.80.